The van der Waals surface area contributed by atoms with Gasteiger partial charge in [0, 0.05) is 12.6 Å². The summed E-state index contributed by atoms with van der Waals surface area (Å²) >= 11 is 0. The van der Waals surface area contributed by atoms with Gasteiger partial charge in [-0.2, -0.15) is 0 Å². The lowest BCUT2D eigenvalue weighted by Crippen LogP contribution is -2.48. The lowest BCUT2D eigenvalue weighted by molar-refractivity contribution is -0.149. The fraction of sp³-hybridized carbons (Fsp3) is 0.833. The molecule has 0 aromatic heterocycles. The number of nitrogens with one attached hydrogen (secondary N) is 1. The molecule has 0 aromatic rings. The van der Waals surface area contributed by atoms with Gasteiger partial charge in [-0.25, -0.2) is 4.79 Å². The van der Waals surface area contributed by atoms with Crippen molar-refractivity contribution in [2.24, 2.45) is 0 Å². The zero-order valence-electron chi connectivity index (χ0n) is 10.0. The summed E-state index contributed by atoms with van der Waals surface area (Å²) in [6, 6.07) is -0.139. The SMILES string of the molecule is O=C(O)C1CCCCCN1C(=O)CNC1CC1. The van der Waals surface area contributed by atoms with Crippen molar-refractivity contribution in [3.8, 4) is 0 Å². The van der Waals surface area contributed by atoms with Gasteiger partial charge in [0.25, 0.3) is 0 Å². The number of hydrogen-bond donors (Lipinski definition) is 2. The summed E-state index contributed by atoms with van der Waals surface area (Å²) in [6.07, 6.45) is 5.69. The van der Waals surface area contributed by atoms with Crippen molar-refractivity contribution in [1.29, 1.82) is 0 Å². The Hall–Kier alpha value is -1.10. The van der Waals surface area contributed by atoms with E-state index < -0.39 is 12.0 Å². The van der Waals surface area contributed by atoms with Crippen molar-refractivity contribution in [2.75, 3.05) is 13.1 Å². The molecule has 0 spiro atoms. The second-order valence-corrected chi connectivity index (χ2v) is 4.95. The third kappa shape index (κ3) is 3.43. The molecule has 1 amide bonds. The molecular formula is C12H20N2O3. The number of carboxylic acid groups (broad SMARTS) is 1. The number of aliphatic carboxylic acids is 1. The predicted octanol–water partition coefficient (Wildman–Crippen LogP) is 0.594. The van der Waals surface area contributed by atoms with Crippen LogP contribution in [0.25, 0.3) is 0 Å². The average molecular weight is 240 g/mol. The molecule has 1 saturated heterocycles. The van der Waals surface area contributed by atoms with Crippen LogP contribution < -0.4 is 5.32 Å². The van der Waals surface area contributed by atoms with E-state index in [9.17, 15) is 9.59 Å². The molecule has 2 aliphatic rings. The molecule has 2 N–H and O–H groups in total. The van der Waals surface area contributed by atoms with Crippen LogP contribution in [-0.4, -0.2) is 47.1 Å². The number of likely N-dealkylation sites (tertiary alicyclic amines) is 1. The van der Waals surface area contributed by atoms with E-state index in [1.807, 2.05) is 0 Å². The molecule has 1 heterocycles. The molecule has 1 saturated carbocycles. The maximum Gasteiger partial charge on any atom is 0.326 e. The number of carbonyl (C=O) groups is 2. The molecule has 17 heavy (non-hydrogen) atoms. The lowest BCUT2D eigenvalue weighted by atomic mass is 10.1. The van der Waals surface area contributed by atoms with Gasteiger partial charge in [0.2, 0.25) is 5.91 Å². The maximum absolute atomic E-state index is 12.0. The molecule has 2 fully saturated rings. The third-order valence-electron chi connectivity index (χ3n) is 3.48. The van der Waals surface area contributed by atoms with Crippen LogP contribution in [0.3, 0.4) is 0 Å². The van der Waals surface area contributed by atoms with E-state index in [0.717, 1.165) is 32.1 Å². The summed E-state index contributed by atoms with van der Waals surface area (Å²) in [6.45, 7) is 0.872. The van der Waals surface area contributed by atoms with E-state index in [4.69, 9.17) is 5.11 Å². The fourth-order valence-corrected chi connectivity index (χ4v) is 2.28. The number of carboxylic acids is 1. The van der Waals surface area contributed by atoms with Crippen molar-refractivity contribution in [3.05, 3.63) is 0 Å². The van der Waals surface area contributed by atoms with Crippen molar-refractivity contribution in [2.45, 2.75) is 50.6 Å². The number of carbonyl (C=O) groups excluding carboxylic acids is 1. The van der Waals surface area contributed by atoms with Gasteiger partial charge in [-0.1, -0.05) is 12.8 Å². The van der Waals surface area contributed by atoms with Crippen LogP contribution in [0.1, 0.15) is 38.5 Å². The molecule has 1 atom stereocenters. The molecule has 5 heteroatoms. The first-order valence-electron chi connectivity index (χ1n) is 6.44. The van der Waals surface area contributed by atoms with Gasteiger partial charge in [-0.15, -0.1) is 0 Å². The second kappa shape index (κ2) is 5.49. The molecule has 2 rings (SSSR count). The predicted molar refractivity (Wildman–Crippen MR) is 62.6 cm³/mol. The molecule has 0 aromatic carbocycles. The van der Waals surface area contributed by atoms with Crippen LogP contribution >= 0.6 is 0 Å². The van der Waals surface area contributed by atoms with Crippen LogP contribution in [0.2, 0.25) is 0 Å². The van der Waals surface area contributed by atoms with Crippen LogP contribution in [-0.2, 0) is 9.59 Å². The summed E-state index contributed by atoms with van der Waals surface area (Å²) in [4.78, 5) is 24.7. The van der Waals surface area contributed by atoms with E-state index in [1.54, 1.807) is 4.90 Å². The number of rotatable bonds is 4. The highest BCUT2D eigenvalue weighted by Gasteiger charge is 2.31. The molecule has 1 unspecified atom stereocenters. The summed E-state index contributed by atoms with van der Waals surface area (Å²) in [5.41, 5.74) is 0. The van der Waals surface area contributed by atoms with Crippen LogP contribution in [0.4, 0.5) is 0 Å². The van der Waals surface area contributed by atoms with Gasteiger partial charge in [-0.3, -0.25) is 4.79 Å². The first-order valence-corrected chi connectivity index (χ1v) is 6.44. The summed E-state index contributed by atoms with van der Waals surface area (Å²) in [5.74, 6) is -0.933. The number of hydrogen-bond acceptors (Lipinski definition) is 3. The summed E-state index contributed by atoms with van der Waals surface area (Å²) < 4.78 is 0. The third-order valence-corrected chi connectivity index (χ3v) is 3.48. The van der Waals surface area contributed by atoms with Crippen molar-refractivity contribution < 1.29 is 14.7 Å². The van der Waals surface area contributed by atoms with Gasteiger partial charge in [0.1, 0.15) is 6.04 Å². The Morgan fingerprint density at radius 1 is 1.18 bits per heavy atom. The van der Waals surface area contributed by atoms with E-state index in [0.29, 0.717) is 19.0 Å². The molecule has 5 nitrogen and oxygen atoms in total. The monoisotopic (exact) mass is 240 g/mol. The van der Waals surface area contributed by atoms with E-state index in [2.05, 4.69) is 5.32 Å². The number of nitrogens with zero attached hydrogens (tertiary/aromatic N) is 1. The van der Waals surface area contributed by atoms with E-state index in [1.165, 1.54) is 0 Å². The van der Waals surface area contributed by atoms with Gasteiger partial charge in [-0.05, 0) is 25.7 Å². The Kier molecular flexibility index (Phi) is 3.99. The molecule has 0 radical (unpaired) electrons. The van der Waals surface area contributed by atoms with E-state index >= 15 is 0 Å². The van der Waals surface area contributed by atoms with Gasteiger partial charge in [0.15, 0.2) is 0 Å². The largest absolute Gasteiger partial charge is 0.480 e. The molecule has 1 aliphatic heterocycles. The summed E-state index contributed by atoms with van der Waals surface area (Å²) in [7, 11) is 0. The Morgan fingerprint density at radius 2 is 1.94 bits per heavy atom. The van der Waals surface area contributed by atoms with Crippen LogP contribution in [0.15, 0.2) is 0 Å². The minimum absolute atomic E-state index is 0.0637. The normalized spacial score (nSPS) is 25.4. The quantitative estimate of drug-likeness (QED) is 0.754. The number of amides is 1. The lowest BCUT2D eigenvalue weighted by Gasteiger charge is -2.27. The van der Waals surface area contributed by atoms with Crippen LogP contribution in [0.5, 0.6) is 0 Å². The Bertz CT molecular complexity index is 302. The first-order chi connectivity index (χ1) is 8.18. The minimum atomic E-state index is -0.869. The smallest absolute Gasteiger partial charge is 0.326 e. The molecule has 1 aliphatic carbocycles. The first kappa shape index (κ1) is 12.4. The standard InChI is InChI=1S/C12H20N2O3/c15-11(8-13-9-5-6-9)14-7-3-1-2-4-10(14)12(16)17/h9-10,13H,1-8H2,(H,16,17). The Balaban J connectivity index is 1.92. The van der Waals surface area contributed by atoms with Crippen LogP contribution in [0, 0.1) is 0 Å². The van der Waals surface area contributed by atoms with E-state index in [-0.39, 0.29) is 12.5 Å². The van der Waals surface area contributed by atoms with Gasteiger partial charge in [0.05, 0.1) is 6.54 Å². The minimum Gasteiger partial charge on any atom is -0.480 e. The summed E-state index contributed by atoms with van der Waals surface area (Å²) in [5, 5.41) is 12.3. The molecule has 96 valence electrons. The van der Waals surface area contributed by atoms with Gasteiger partial charge >= 0.3 is 5.97 Å². The zero-order chi connectivity index (χ0) is 12.3. The maximum atomic E-state index is 12.0. The highest BCUT2D eigenvalue weighted by Crippen LogP contribution is 2.19. The fourth-order valence-electron chi connectivity index (χ4n) is 2.28. The topological polar surface area (TPSA) is 69.6 Å². The molecular weight excluding hydrogens is 220 g/mol. The Morgan fingerprint density at radius 3 is 2.59 bits per heavy atom. The Labute approximate surface area is 101 Å². The highest BCUT2D eigenvalue weighted by molar-refractivity contribution is 5.84. The molecule has 0 bridgehead atoms. The highest BCUT2D eigenvalue weighted by atomic mass is 16.4. The zero-order valence-corrected chi connectivity index (χ0v) is 10.0. The second-order valence-electron chi connectivity index (χ2n) is 4.95. The van der Waals surface area contributed by atoms with Crippen molar-refractivity contribution in [1.82, 2.24) is 10.2 Å². The van der Waals surface area contributed by atoms with Crippen molar-refractivity contribution in [3.63, 3.8) is 0 Å². The van der Waals surface area contributed by atoms with Gasteiger partial charge < -0.3 is 15.3 Å². The average Bonchev–Trinajstić information content (AvgIpc) is 3.12. The van der Waals surface area contributed by atoms with Crippen molar-refractivity contribution >= 4 is 11.9 Å².